The van der Waals surface area contributed by atoms with Crippen LogP contribution in [0.25, 0.3) is 5.65 Å². The minimum atomic E-state index is -0.292. The summed E-state index contributed by atoms with van der Waals surface area (Å²) in [6.45, 7) is 1.56. The van der Waals surface area contributed by atoms with Crippen molar-refractivity contribution in [2.75, 3.05) is 0 Å². The van der Waals surface area contributed by atoms with Crippen LogP contribution in [0.3, 0.4) is 0 Å². The number of nitrogens with zero attached hydrogens (tertiary/aromatic N) is 2. The lowest BCUT2D eigenvalue weighted by molar-refractivity contribution is 0.429. The van der Waals surface area contributed by atoms with Crippen molar-refractivity contribution in [3.63, 3.8) is 0 Å². The largest absolute Gasteiger partial charge is 0.493 e. The molecule has 0 aliphatic rings. The summed E-state index contributed by atoms with van der Waals surface area (Å²) in [7, 11) is 0. The number of fused-ring (bicyclic) bond motifs is 1. The van der Waals surface area contributed by atoms with E-state index in [9.17, 15) is 9.90 Å². The maximum atomic E-state index is 11.7. The Balaban J connectivity index is 2.14. The molecule has 5 heteroatoms. The van der Waals surface area contributed by atoms with Gasteiger partial charge in [-0.15, -0.1) is 0 Å². The Morgan fingerprint density at radius 1 is 1.32 bits per heavy atom. The van der Waals surface area contributed by atoms with Crippen LogP contribution in [-0.2, 0) is 6.42 Å². The van der Waals surface area contributed by atoms with Crippen LogP contribution in [0, 0.1) is 6.92 Å². The molecule has 0 radical (unpaired) electrons. The Bertz CT molecular complexity index is 788. The van der Waals surface area contributed by atoms with E-state index in [1.54, 1.807) is 13.1 Å². The summed E-state index contributed by atoms with van der Waals surface area (Å²) in [5.74, 6) is -0.113. The lowest BCUT2D eigenvalue weighted by Crippen LogP contribution is -2.13. The van der Waals surface area contributed by atoms with Crippen molar-refractivity contribution in [2.45, 2.75) is 13.3 Å². The summed E-state index contributed by atoms with van der Waals surface area (Å²) >= 11 is 0. The Morgan fingerprint density at radius 3 is 2.79 bits per heavy atom. The van der Waals surface area contributed by atoms with Gasteiger partial charge in [0.05, 0.1) is 11.8 Å². The van der Waals surface area contributed by atoms with E-state index in [0.29, 0.717) is 12.1 Å². The summed E-state index contributed by atoms with van der Waals surface area (Å²) in [6, 6.07) is 9.90. The first kappa shape index (κ1) is 11.5. The minimum absolute atomic E-state index is 0.113. The number of aromatic amines is 1. The zero-order valence-corrected chi connectivity index (χ0v) is 10.4. The first-order chi connectivity index (χ1) is 9.16. The van der Waals surface area contributed by atoms with Crippen LogP contribution in [-0.4, -0.2) is 19.7 Å². The molecule has 2 heterocycles. The summed E-state index contributed by atoms with van der Waals surface area (Å²) in [4.78, 5) is 14.5. The Labute approximate surface area is 109 Å². The molecule has 3 aromatic rings. The van der Waals surface area contributed by atoms with Gasteiger partial charge in [0.15, 0.2) is 0 Å². The molecule has 1 aromatic carbocycles. The number of hydrogen-bond acceptors (Lipinski definition) is 3. The molecule has 0 fully saturated rings. The summed E-state index contributed by atoms with van der Waals surface area (Å²) in [5, 5.41) is 14.0. The number of hydrogen-bond donors (Lipinski definition) is 2. The fourth-order valence-electron chi connectivity index (χ4n) is 2.08. The highest BCUT2D eigenvalue weighted by atomic mass is 16.3. The first-order valence-electron chi connectivity index (χ1n) is 5.99. The van der Waals surface area contributed by atoms with E-state index >= 15 is 0 Å². The van der Waals surface area contributed by atoms with Gasteiger partial charge in [-0.2, -0.15) is 9.61 Å². The van der Waals surface area contributed by atoms with Crippen molar-refractivity contribution < 1.29 is 5.11 Å². The van der Waals surface area contributed by atoms with Crippen LogP contribution >= 0.6 is 0 Å². The molecule has 0 aliphatic carbocycles. The first-order valence-corrected chi connectivity index (χ1v) is 5.99. The van der Waals surface area contributed by atoms with Crippen LogP contribution in [0.2, 0.25) is 0 Å². The van der Waals surface area contributed by atoms with Gasteiger partial charge in [0, 0.05) is 12.0 Å². The normalized spacial score (nSPS) is 11.0. The third-order valence-electron chi connectivity index (χ3n) is 3.19. The third-order valence-corrected chi connectivity index (χ3v) is 3.19. The van der Waals surface area contributed by atoms with Crippen LogP contribution in [0.4, 0.5) is 0 Å². The predicted molar refractivity (Wildman–Crippen MR) is 71.5 cm³/mol. The van der Waals surface area contributed by atoms with Gasteiger partial charge in [0.25, 0.3) is 5.56 Å². The van der Waals surface area contributed by atoms with Gasteiger partial charge in [0.1, 0.15) is 5.65 Å². The second-order valence-corrected chi connectivity index (χ2v) is 4.50. The van der Waals surface area contributed by atoms with Crippen LogP contribution in [0.1, 0.15) is 16.7 Å². The van der Waals surface area contributed by atoms with Crippen LogP contribution in [0.15, 0.2) is 41.3 Å². The second kappa shape index (κ2) is 4.28. The molecule has 0 unspecified atom stereocenters. The molecule has 0 saturated carbocycles. The third kappa shape index (κ3) is 1.89. The number of nitrogens with one attached hydrogen (secondary N) is 1. The molecule has 2 N–H and O–H groups in total. The summed E-state index contributed by atoms with van der Waals surface area (Å²) < 4.78 is 1.36. The van der Waals surface area contributed by atoms with Crippen LogP contribution < -0.4 is 5.56 Å². The van der Waals surface area contributed by atoms with E-state index in [-0.39, 0.29) is 17.0 Å². The monoisotopic (exact) mass is 255 g/mol. The zero-order valence-electron chi connectivity index (χ0n) is 10.4. The zero-order chi connectivity index (χ0) is 13.4. The molecule has 96 valence electrons. The predicted octanol–water partition coefficient (Wildman–Crippen LogP) is 1.63. The van der Waals surface area contributed by atoms with Crippen molar-refractivity contribution >= 4 is 5.65 Å². The Morgan fingerprint density at radius 2 is 2.05 bits per heavy atom. The van der Waals surface area contributed by atoms with Gasteiger partial charge in [-0.3, -0.25) is 4.79 Å². The maximum absolute atomic E-state index is 11.7. The summed E-state index contributed by atoms with van der Waals surface area (Å²) in [6.07, 6.45) is 2.32. The second-order valence-electron chi connectivity index (χ2n) is 4.50. The van der Waals surface area contributed by atoms with E-state index < -0.39 is 0 Å². The highest BCUT2D eigenvalue weighted by molar-refractivity contribution is 5.51. The van der Waals surface area contributed by atoms with E-state index in [1.807, 2.05) is 30.3 Å². The van der Waals surface area contributed by atoms with Crippen molar-refractivity contribution in [3.8, 4) is 5.88 Å². The number of rotatable bonds is 2. The lowest BCUT2D eigenvalue weighted by atomic mass is 10.1. The maximum Gasteiger partial charge on any atom is 0.257 e. The molecule has 3 rings (SSSR count). The van der Waals surface area contributed by atoms with Crippen LogP contribution in [0.5, 0.6) is 5.88 Å². The highest BCUT2D eigenvalue weighted by Crippen LogP contribution is 2.18. The molecule has 0 bridgehead atoms. The Kier molecular flexibility index (Phi) is 2.59. The quantitative estimate of drug-likeness (QED) is 0.731. The molecule has 0 spiro atoms. The molecular weight excluding hydrogens is 242 g/mol. The average Bonchev–Trinajstić information content (AvgIpc) is 2.81. The average molecular weight is 255 g/mol. The Hall–Kier alpha value is -2.56. The standard InChI is InChI=1S/C14H13N3O2/c1-9-13(18)16-12-11(8-15-17(12)14(9)19)7-10-5-3-2-4-6-10/h2-6,8,19H,7H2,1H3,(H,16,18). The highest BCUT2D eigenvalue weighted by Gasteiger charge is 2.12. The van der Waals surface area contributed by atoms with Crippen molar-refractivity contribution in [1.82, 2.24) is 14.6 Å². The van der Waals surface area contributed by atoms with Crippen molar-refractivity contribution in [1.29, 1.82) is 0 Å². The van der Waals surface area contributed by atoms with E-state index in [2.05, 4.69) is 10.1 Å². The summed E-state index contributed by atoms with van der Waals surface area (Å²) in [5.41, 5.74) is 2.51. The fraction of sp³-hybridized carbons (Fsp3) is 0.143. The molecule has 0 aliphatic heterocycles. The van der Waals surface area contributed by atoms with Gasteiger partial charge >= 0.3 is 0 Å². The topological polar surface area (TPSA) is 70.4 Å². The number of aromatic nitrogens is 3. The van der Waals surface area contributed by atoms with Gasteiger partial charge in [-0.1, -0.05) is 30.3 Å². The fourth-order valence-corrected chi connectivity index (χ4v) is 2.08. The van der Waals surface area contributed by atoms with Gasteiger partial charge in [0.2, 0.25) is 5.88 Å². The molecule has 0 saturated heterocycles. The molecule has 2 aromatic heterocycles. The lowest BCUT2D eigenvalue weighted by Gasteiger charge is -2.03. The number of aromatic hydroxyl groups is 1. The minimum Gasteiger partial charge on any atom is -0.493 e. The van der Waals surface area contributed by atoms with Crippen molar-refractivity contribution in [3.05, 3.63) is 63.6 Å². The van der Waals surface area contributed by atoms with Gasteiger partial charge in [-0.25, -0.2) is 0 Å². The van der Waals surface area contributed by atoms with E-state index in [0.717, 1.165) is 11.1 Å². The molecule has 5 nitrogen and oxygen atoms in total. The smallest absolute Gasteiger partial charge is 0.257 e. The van der Waals surface area contributed by atoms with E-state index in [1.165, 1.54) is 4.52 Å². The number of benzene rings is 1. The molecule has 19 heavy (non-hydrogen) atoms. The van der Waals surface area contributed by atoms with Crippen molar-refractivity contribution in [2.24, 2.45) is 0 Å². The molecular formula is C14H13N3O2. The molecule has 0 amide bonds. The van der Waals surface area contributed by atoms with Gasteiger partial charge in [-0.05, 0) is 12.5 Å². The molecule has 0 atom stereocenters. The SMILES string of the molecule is Cc1c(O)n2ncc(Cc3ccccc3)c2[nH]c1=O. The number of H-pyrrole nitrogens is 1. The van der Waals surface area contributed by atoms with Gasteiger partial charge < -0.3 is 10.1 Å². The van der Waals surface area contributed by atoms with E-state index in [4.69, 9.17) is 0 Å².